The molecular weight excluding hydrogens is 194 g/mol. The van der Waals surface area contributed by atoms with Gasteiger partial charge >= 0.3 is 0 Å². The van der Waals surface area contributed by atoms with Crippen molar-refractivity contribution in [1.29, 1.82) is 0 Å². The first-order valence-corrected chi connectivity index (χ1v) is 6.14. The quantitative estimate of drug-likeness (QED) is 0.831. The Hall–Kier alpha value is -0.380. The van der Waals surface area contributed by atoms with Gasteiger partial charge in [-0.2, -0.15) is 0 Å². The van der Waals surface area contributed by atoms with E-state index in [4.69, 9.17) is 10.5 Å². The van der Waals surface area contributed by atoms with Crippen LogP contribution in [0.15, 0.2) is 17.5 Å². The number of hydrogen-bond donors (Lipinski definition) is 1. The van der Waals surface area contributed by atoms with Crippen LogP contribution < -0.4 is 5.73 Å². The molecule has 14 heavy (non-hydrogen) atoms. The smallest absolute Gasteiger partial charge is 0.0729 e. The van der Waals surface area contributed by atoms with Gasteiger partial charge in [-0.25, -0.2) is 0 Å². The van der Waals surface area contributed by atoms with Crippen LogP contribution in [0.25, 0.3) is 0 Å². The van der Waals surface area contributed by atoms with E-state index >= 15 is 0 Å². The van der Waals surface area contributed by atoms with Gasteiger partial charge in [0.05, 0.1) is 6.10 Å². The lowest BCUT2D eigenvalue weighted by Gasteiger charge is -2.27. The van der Waals surface area contributed by atoms with E-state index in [-0.39, 0.29) is 12.1 Å². The van der Waals surface area contributed by atoms with E-state index in [1.54, 1.807) is 11.3 Å². The van der Waals surface area contributed by atoms with Crippen LogP contribution in [0.4, 0.5) is 0 Å². The van der Waals surface area contributed by atoms with Crippen LogP contribution >= 0.6 is 11.3 Å². The van der Waals surface area contributed by atoms with Crippen molar-refractivity contribution in [3.8, 4) is 0 Å². The number of hydrogen-bond acceptors (Lipinski definition) is 3. The molecule has 2 atom stereocenters. The van der Waals surface area contributed by atoms with Crippen LogP contribution in [0.3, 0.4) is 0 Å². The van der Waals surface area contributed by atoms with Gasteiger partial charge in [0.2, 0.25) is 0 Å². The highest BCUT2D eigenvalue weighted by Gasteiger charge is 2.21. The molecule has 0 aromatic carbocycles. The third kappa shape index (κ3) is 2.56. The minimum Gasteiger partial charge on any atom is -0.377 e. The van der Waals surface area contributed by atoms with Crippen LogP contribution in [0.1, 0.15) is 24.1 Å². The average molecular weight is 211 g/mol. The first kappa shape index (κ1) is 10.1. The van der Waals surface area contributed by atoms with Gasteiger partial charge in [0.1, 0.15) is 0 Å². The summed E-state index contributed by atoms with van der Waals surface area (Å²) in [6.45, 7) is 0.892. The zero-order valence-corrected chi connectivity index (χ0v) is 9.13. The highest BCUT2D eigenvalue weighted by Crippen LogP contribution is 2.19. The molecule has 2 heterocycles. The normalized spacial score (nSPS) is 24.8. The van der Waals surface area contributed by atoms with Crippen molar-refractivity contribution >= 4 is 11.3 Å². The van der Waals surface area contributed by atoms with Crippen molar-refractivity contribution in [2.45, 2.75) is 37.8 Å². The Morgan fingerprint density at radius 1 is 1.57 bits per heavy atom. The first-order valence-electron chi connectivity index (χ1n) is 5.26. The molecule has 0 amide bonds. The summed E-state index contributed by atoms with van der Waals surface area (Å²) < 4.78 is 5.67. The summed E-state index contributed by atoms with van der Waals surface area (Å²) in [5.41, 5.74) is 6.12. The van der Waals surface area contributed by atoms with E-state index in [0.29, 0.717) is 0 Å². The summed E-state index contributed by atoms with van der Waals surface area (Å²) in [4.78, 5) is 1.37. The Balaban J connectivity index is 1.85. The predicted molar refractivity (Wildman–Crippen MR) is 59.6 cm³/mol. The summed E-state index contributed by atoms with van der Waals surface area (Å²) in [7, 11) is 0. The number of thiophene rings is 1. The molecule has 2 N–H and O–H groups in total. The van der Waals surface area contributed by atoms with E-state index in [9.17, 15) is 0 Å². The summed E-state index contributed by atoms with van der Waals surface area (Å²) in [6.07, 6.45) is 4.84. The monoisotopic (exact) mass is 211 g/mol. The van der Waals surface area contributed by atoms with E-state index in [0.717, 1.165) is 19.4 Å². The molecule has 0 radical (unpaired) electrons. The van der Waals surface area contributed by atoms with Gasteiger partial charge in [0, 0.05) is 17.5 Å². The molecule has 1 aromatic rings. The molecule has 0 aliphatic carbocycles. The third-order valence-electron chi connectivity index (χ3n) is 2.71. The highest BCUT2D eigenvalue weighted by molar-refractivity contribution is 7.09. The van der Waals surface area contributed by atoms with Gasteiger partial charge in [0.25, 0.3) is 0 Å². The van der Waals surface area contributed by atoms with Gasteiger partial charge in [-0.3, -0.25) is 0 Å². The van der Waals surface area contributed by atoms with Crippen LogP contribution in [0, 0.1) is 0 Å². The summed E-state index contributed by atoms with van der Waals surface area (Å²) >= 11 is 1.78. The minimum atomic E-state index is 0.175. The van der Waals surface area contributed by atoms with Gasteiger partial charge in [0.15, 0.2) is 0 Å². The molecule has 1 fully saturated rings. The Labute approximate surface area is 89.1 Å². The van der Waals surface area contributed by atoms with Crippen molar-refractivity contribution in [2.75, 3.05) is 6.61 Å². The van der Waals surface area contributed by atoms with Crippen LogP contribution in [0.2, 0.25) is 0 Å². The molecule has 1 saturated heterocycles. The number of ether oxygens (including phenoxy) is 1. The molecule has 0 saturated carbocycles. The van der Waals surface area contributed by atoms with E-state index in [1.807, 2.05) is 0 Å². The Kier molecular flexibility index (Phi) is 3.56. The molecule has 2 nitrogen and oxygen atoms in total. The summed E-state index contributed by atoms with van der Waals surface area (Å²) in [6, 6.07) is 4.40. The van der Waals surface area contributed by atoms with Crippen LogP contribution in [0.5, 0.6) is 0 Å². The molecule has 78 valence electrons. The van der Waals surface area contributed by atoms with Gasteiger partial charge in [-0.1, -0.05) is 6.07 Å². The fourth-order valence-corrected chi connectivity index (χ4v) is 2.67. The van der Waals surface area contributed by atoms with E-state index < -0.39 is 0 Å². The van der Waals surface area contributed by atoms with Crippen molar-refractivity contribution in [3.05, 3.63) is 22.4 Å². The molecule has 0 spiro atoms. The lowest BCUT2D eigenvalue weighted by molar-refractivity contribution is 0.000775. The Bertz CT molecular complexity index is 254. The number of nitrogens with two attached hydrogens (primary N) is 1. The zero-order chi connectivity index (χ0) is 9.80. The Morgan fingerprint density at radius 2 is 2.50 bits per heavy atom. The maximum Gasteiger partial charge on any atom is 0.0729 e. The van der Waals surface area contributed by atoms with Crippen molar-refractivity contribution in [2.24, 2.45) is 5.73 Å². The molecule has 2 unspecified atom stereocenters. The summed E-state index contributed by atoms with van der Waals surface area (Å²) in [5.74, 6) is 0. The molecule has 1 aromatic heterocycles. The molecule has 3 heteroatoms. The maximum absolute atomic E-state index is 6.12. The Morgan fingerprint density at radius 3 is 3.14 bits per heavy atom. The van der Waals surface area contributed by atoms with Gasteiger partial charge < -0.3 is 10.5 Å². The zero-order valence-electron chi connectivity index (χ0n) is 8.32. The van der Waals surface area contributed by atoms with Crippen molar-refractivity contribution < 1.29 is 4.74 Å². The minimum absolute atomic E-state index is 0.175. The number of rotatable bonds is 3. The fourth-order valence-electron chi connectivity index (χ4n) is 1.90. The summed E-state index contributed by atoms with van der Waals surface area (Å²) in [5, 5.41) is 2.10. The maximum atomic E-state index is 6.12. The second-order valence-electron chi connectivity index (χ2n) is 3.85. The first-order chi connectivity index (χ1) is 6.86. The lowest BCUT2D eigenvalue weighted by atomic mass is 10.00. The van der Waals surface area contributed by atoms with Crippen LogP contribution in [-0.2, 0) is 11.2 Å². The highest BCUT2D eigenvalue weighted by atomic mass is 32.1. The molecule has 1 aliphatic rings. The van der Waals surface area contributed by atoms with E-state index in [2.05, 4.69) is 17.5 Å². The topological polar surface area (TPSA) is 35.2 Å². The third-order valence-corrected chi connectivity index (χ3v) is 3.61. The standard InChI is InChI=1S/C11H17NOS/c12-10(8-9-4-3-7-14-9)11-5-1-2-6-13-11/h3-4,7,10-11H,1-2,5-6,8,12H2. The predicted octanol–water partition coefficient (Wildman–Crippen LogP) is 2.19. The lowest BCUT2D eigenvalue weighted by Crippen LogP contribution is -2.40. The SMILES string of the molecule is NC(Cc1cccs1)C1CCCCO1. The second-order valence-corrected chi connectivity index (χ2v) is 4.88. The molecule has 0 bridgehead atoms. The largest absolute Gasteiger partial charge is 0.377 e. The molecule has 1 aliphatic heterocycles. The van der Waals surface area contributed by atoms with Crippen molar-refractivity contribution in [1.82, 2.24) is 0 Å². The van der Waals surface area contributed by atoms with Gasteiger partial charge in [-0.15, -0.1) is 11.3 Å². The molecular formula is C11H17NOS. The average Bonchev–Trinajstić information content (AvgIpc) is 2.72. The molecule has 2 rings (SSSR count). The fraction of sp³-hybridized carbons (Fsp3) is 0.636. The van der Waals surface area contributed by atoms with Crippen LogP contribution in [-0.4, -0.2) is 18.8 Å². The second kappa shape index (κ2) is 4.91. The van der Waals surface area contributed by atoms with Gasteiger partial charge in [-0.05, 0) is 37.1 Å². The van der Waals surface area contributed by atoms with Crippen molar-refractivity contribution in [3.63, 3.8) is 0 Å². The van der Waals surface area contributed by atoms with E-state index in [1.165, 1.54) is 17.7 Å².